The van der Waals surface area contributed by atoms with Crippen LogP contribution in [-0.4, -0.2) is 66.7 Å². The fourth-order valence-corrected chi connectivity index (χ4v) is 8.43. The molecule has 2 aliphatic rings. The van der Waals surface area contributed by atoms with Crippen molar-refractivity contribution in [1.29, 1.82) is 0 Å². The minimum absolute atomic E-state index is 0.112. The molecule has 0 aliphatic carbocycles. The summed E-state index contributed by atoms with van der Waals surface area (Å²) < 4.78 is 12.1. The molecule has 49 heavy (non-hydrogen) atoms. The maximum atomic E-state index is 14.3. The molecule has 0 saturated carbocycles. The minimum Gasteiger partial charge on any atom is -0.448 e. The molecule has 5 aromatic rings. The normalized spacial score (nSPS) is 17.4. The van der Waals surface area contributed by atoms with Gasteiger partial charge in [0.25, 0.3) is 17.0 Å². The maximum Gasteiger partial charge on any atom is 0.356 e. The number of hydrogen-bond acceptors (Lipinski definition) is 12. The zero-order valence-electron chi connectivity index (χ0n) is 25.5. The van der Waals surface area contributed by atoms with E-state index in [0.29, 0.717) is 27.3 Å². The predicted molar refractivity (Wildman–Crippen MR) is 186 cm³/mol. The van der Waals surface area contributed by atoms with E-state index in [2.05, 4.69) is 20.7 Å². The van der Waals surface area contributed by atoms with Crippen molar-refractivity contribution in [3.63, 3.8) is 0 Å². The molecule has 7 rings (SSSR count). The number of thiophene rings is 1. The standard InChI is InChI=1S/C35H27N5O6S3/c41-30(26(39-44)25-17-10-18-47-25)36-27-32(42)40-28(34(43)45-29(21-11-4-1-5-12-21)22-13-6-2-7-14-22)24(19-48-33(27)40)20-49-35-38-37-31(46-35)23-15-8-3-9-16-23/h1-18,27,29,33,44H,19-20H2,(H,36,41)/b39-26+/t27-,33-/m1/s1. The lowest BCUT2D eigenvalue weighted by atomic mass is 10.0. The first-order chi connectivity index (χ1) is 24.0. The van der Waals surface area contributed by atoms with Gasteiger partial charge in [-0.3, -0.25) is 14.5 Å². The van der Waals surface area contributed by atoms with E-state index in [1.807, 2.05) is 91.0 Å². The van der Waals surface area contributed by atoms with Crippen molar-refractivity contribution >= 4 is 58.4 Å². The van der Waals surface area contributed by atoms with E-state index in [4.69, 9.17) is 9.15 Å². The lowest BCUT2D eigenvalue weighted by Gasteiger charge is -2.49. The molecule has 14 heteroatoms. The molecule has 2 aromatic heterocycles. The second-order valence-corrected chi connectivity index (χ2v) is 13.9. The largest absolute Gasteiger partial charge is 0.448 e. The number of hydrogen-bond donors (Lipinski definition) is 2. The Balaban J connectivity index is 1.17. The number of carbonyl (C=O) groups excluding carboxylic acids is 3. The Bertz CT molecular complexity index is 1980. The van der Waals surface area contributed by atoms with Gasteiger partial charge >= 0.3 is 5.97 Å². The highest BCUT2D eigenvalue weighted by Gasteiger charge is 2.55. The number of nitrogens with zero attached hydrogens (tertiary/aromatic N) is 4. The summed E-state index contributed by atoms with van der Waals surface area (Å²) in [5.74, 6) is -0.856. The average Bonchev–Trinajstić information content (AvgIpc) is 3.86. The number of nitrogens with one attached hydrogen (secondary N) is 1. The van der Waals surface area contributed by atoms with Crippen molar-refractivity contribution in [1.82, 2.24) is 20.4 Å². The molecule has 0 unspecified atom stereocenters. The van der Waals surface area contributed by atoms with Gasteiger partial charge in [0.05, 0.1) is 4.88 Å². The van der Waals surface area contributed by atoms with Crippen molar-refractivity contribution in [2.45, 2.75) is 22.7 Å². The van der Waals surface area contributed by atoms with Gasteiger partial charge in [0.15, 0.2) is 11.8 Å². The fraction of sp³-hybridized carbons (Fsp3) is 0.143. The predicted octanol–water partition coefficient (Wildman–Crippen LogP) is 5.76. The number of amides is 2. The lowest BCUT2D eigenvalue weighted by molar-refractivity contribution is -0.154. The van der Waals surface area contributed by atoms with E-state index in [-0.39, 0.29) is 17.2 Å². The molecular weight excluding hydrogens is 683 g/mol. The minimum atomic E-state index is -0.949. The Kier molecular flexibility index (Phi) is 9.59. The number of β-lactam (4-membered cyclic amide) rings is 1. The van der Waals surface area contributed by atoms with Crippen LogP contribution in [0, 0.1) is 0 Å². The van der Waals surface area contributed by atoms with Gasteiger partial charge in [-0.1, -0.05) is 102 Å². The highest BCUT2D eigenvalue weighted by Crippen LogP contribution is 2.43. The van der Waals surface area contributed by atoms with Crippen LogP contribution in [0.15, 0.2) is 135 Å². The third-order valence-electron chi connectivity index (χ3n) is 7.82. The van der Waals surface area contributed by atoms with Crippen LogP contribution < -0.4 is 5.32 Å². The van der Waals surface area contributed by atoms with Crippen LogP contribution in [0.1, 0.15) is 22.1 Å². The first-order valence-corrected chi connectivity index (χ1v) is 18.0. The van der Waals surface area contributed by atoms with Crippen LogP contribution in [0.5, 0.6) is 0 Å². The molecule has 11 nitrogen and oxygen atoms in total. The molecule has 246 valence electrons. The molecule has 2 N–H and O–H groups in total. The molecule has 0 spiro atoms. The van der Waals surface area contributed by atoms with E-state index in [9.17, 15) is 19.6 Å². The van der Waals surface area contributed by atoms with E-state index in [1.165, 1.54) is 39.8 Å². The third kappa shape index (κ3) is 6.75. The SMILES string of the molecule is O=C(OC(c1ccccc1)c1ccccc1)C1=C(CSc2nnc(-c3ccccc3)o2)CS[C@@H]2[C@H](NC(=O)/C(=N/O)c3cccs3)C(=O)N12. The van der Waals surface area contributed by atoms with Gasteiger partial charge in [0.1, 0.15) is 17.1 Å². The average molecular weight is 710 g/mol. The lowest BCUT2D eigenvalue weighted by Crippen LogP contribution is -2.71. The number of oxime groups is 1. The van der Waals surface area contributed by atoms with Gasteiger partial charge in [0, 0.05) is 17.1 Å². The molecule has 3 aromatic carbocycles. The summed E-state index contributed by atoms with van der Waals surface area (Å²) in [4.78, 5) is 42.9. The Morgan fingerprint density at radius 2 is 1.65 bits per heavy atom. The van der Waals surface area contributed by atoms with Crippen molar-refractivity contribution in [3.8, 4) is 11.5 Å². The highest BCUT2D eigenvalue weighted by molar-refractivity contribution is 8.01. The van der Waals surface area contributed by atoms with Crippen LogP contribution in [0.3, 0.4) is 0 Å². The Morgan fingerprint density at radius 3 is 2.29 bits per heavy atom. The molecule has 1 saturated heterocycles. The van der Waals surface area contributed by atoms with Gasteiger partial charge in [-0.15, -0.1) is 33.3 Å². The van der Waals surface area contributed by atoms with Crippen molar-refractivity contribution < 1.29 is 28.7 Å². The molecule has 2 aliphatic heterocycles. The van der Waals surface area contributed by atoms with Crippen molar-refractivity contribution in [2.24, 2.45) is 5.16 Å². The zero-order valence-corrected chi connectivity index (χ0v) is 28.0. The Labute approximate surface area is 293 Å². The molecule has 0 bridgehead atoms. The van der Waals surface area contributed by atoms with Crippen LogP contribution >= 0.6 is 34.9 Å². The smallest absolute Gasteiger partial charge is 0.356 e. The number of carbonyl (C=O) groups is 3. The number of benzene rings is 3. The van der Waals surface area contributed by atoms with Gasteiger partial charge < -0.3 is 19.7 Å². The number of rotatable bonds is 11. The Hall–Kier alpha value is -5.18. The fourth-order valence-electron chi connectivity index (χ4n) is 5.47. The van der Waals surface area contributed by atoms with E-state index in [0.717, 1.165) is 16.7 Å². The van der Waals surface area contributed by atoms with E-state index < -0.39 is 35.3 Å². The summed E-state index contributed by atoms with van der Waals surface area (Å²) in [7, 11) is 0. The molecule has 2 amide bonds. The quantitative estimate of drug-likeness (QED) is 0.0434. The van der Waals surface area contributed by atoms with Gasteiger partial charge in [-0.05, 0) is 40.3 Å². The van der Waals surface area contributed by atoms with E-state index in [1.54, 1.807) is 17.5 Å². The summed E-state index contributed by atoms with van der Waals surface area (Å²) in [6, 6.07) is 30.6. The van der Waals surface area contributed by atoms with Gasteiger partial charge in [-0.25, -0.2) is 4.79 Å². The van der Waals surface area contributed by atoms with Gasteiger partial charge in [-0.2, -0.15) is 0 Å². The molecule has 4 heterocycles. The van der Waals surface area contributed by atoms with Crippen LogP contribution in [0.4, 0.5) is 0 Å². The summed E-state index contributed by atoms with van der Waals surface area (Å²) >= 11 is 3.89. The number of aromatic nitrogens is 2. The van der Waals surface area contributed by atoms with Crippen LogP contribution in [0.25, 0.3) is 11.5 Å². The topological polar surface area (TPSA) is 147 Å². The zero-order chi connectivity index (χ0) is 33.7. The number of thioether (sulfide) groups is 2. The van der Waals surface area contributed by atoms with Gasteiger partial charge in [0.2, 0.25) is 5.89 Å². The summed E-state index contributed by atoms with van der Waals surface area (Å²) in [5, 5.41) is 25.2. The number of ether oxygens (including phenoxy) is 1. The molecular formula is C35H27N5O6S3. The summed E-state index contributed by atoms with van der Waals surface area (Å²) in [6.07, 6.45) is -0.741. The van der Waals surface area contributed by atoms with Crippen LogP contribution in [-0.2, 0) is 19.1 Å². The summed E-state index contributed by atoms with van der Waals surface area (Å²) in [5.41, 5.74) is 2.87. The molecule has 2 atom stereocenters. The third-order valence-corrected chi connectivity index (χ3v) is 10.9. The Morgan fingerprint density at radius 1 is 0.980 bits per heavy atom. The highest BCUT2D eigenvalue weighted by atomic mass is 32.2. The molecule has 0 radical (unpaired) electrons. The first-order valence-electron chi connectivity index (χ1n) is 15.1. The second-order valence-electron chi connectivity index (χ2n) is 10.9. The first kappa shape index (κ1) is 32.4. The monoisotopic (exact) mass is 709 g/mol. The molecule has 1 fully saturated rings. The van der Waals surface area contributed by atoms with Crippen molar-refractivity contribution in [3.05, 3.63) is 136 Å². The number of fused-ring (bicyclic) bond motifs is 1. The van der Waals surface area contributed by atoms with Crippen LogP contribution in [0.2, 0.25) is 0 Å². The summed E-state index contributed by atoms with van der Waals surface area (Å²) in [6.45, 7) is 0. The van der Waals surface area contributed by atoms with Crippen molar-refractivity contribution in [2.75, 3.05) is 11.5 Å². The number of esters is 1. The maximum absolute atomic E-state index is 14.3. The second kappa shape index (κ2) is 14.5. The van der Waals surface area contributed by atoms with E-state index >= 15 is 0 Å².